The molecule has 0 saturated carbocycles. The van der Waals surface area contributed by atoms with Crippen molar-refractivity contribution in [3.63, 3.8) is 0 Å². The molecular formula is C13H28N2O. The molecule has 3 nitrogen and oxygen atoms in total. The van der Waals surface area contributed by atoms with E-state index in [4.69, 9.17) is 4.74 Å². The summed E-state index contributed by atoms with van der Waals surface area (Å²) in [5.41, 5.74) is 0. The molecule has 1 aliphatic heterocycles. The molecule has 1 aliphatic rings. The van der Waals surface area contributed by atoms with Crippen LogP contribution in [-0.2, 0) is 4.74 Å². The minimum Gasteiger partial charge on any atom is -0.380 e. The fraction of sp³-hybridized carbons (Fsp3) is 1.00. The molecule has 16 heavy (non-hydrogen) atoms. The number of nitrogens with zero attached hydrogens (tertiary/aromatic N) is 1. The van der Waals surface area contributed by atoms with Gasteiger partial charge in [-0.05, 0) is 52.6 Å². The van der Waals surface area contributed by atoms with E-state index >= 15 is 0 Å². The van der Waals surface area contributed by atoms with Gasteiger partial charge in [0, 0.05) is 26.2 Å². The number of hydrogen-bond acceptors (Lipinski definition) is 3. The molecule has 96 valence electrons. The average molecular weight is 228 g/mol. The van der Waals surface area contributed by atoms with Crippen LogP contribution in [0.4, 0.5) is 0 Å². The van der Waals surface area contributed by atoms with E-state index in [0.717, 1.165) is 12.5 Å². The van der Waals surface area contributed by atoms with E-state index in [-0.39, 0.29) is 0 Å². The number of nitrogens with one attached hydrogen (secondary N) is 1. The topological polar surface area (TPSA) is 24.5 Å². The van der Waals surface area contributed by atoms with Gasteiger partial charge in [0.2, 0.25) is 0 Å². The van der Waals surface area contributed by atoms with E-state index in [0.29, 0.717) is 12.1 Å². The largest absolute Gasteiger partial charge is 0.380 e. The molecule has 3 heteroatoms. The molecule has 1 saturated heterocycles. The molecule has 0 aromatic heterocycles. The minimum absolute atomic E-state index is 0.332. The van der Waals surface area contributed by atoms with Crippen molar-refractivity contribution in [2.75, 3.05) is 33.3 Å². The van der Waals surface area contributed by atoms with Gasteiger partial charge in [0.25, 0.3) is 0 Å². The molecule has 0 spiro atoms. The highest BCUT2D eigenvalue weighted by Crippen LogP contribution is 2.14. The van der Waals surface area contributed by atoms with Gasteiger partial charge in [-0.3, -0.25) is 4.90 Å². The first-order chi connectivity index (χ1) is 7.63. The average Bonchev–Trinajstić information content (AvgIpc) is 2.29. The Morgan fingerprint density at radius 2 is 2.12 bits per heavy atom. The highest BCUT2D eigenvalue weighted by atomic mass is 16.5. The van der Waals surface area contributed by atoms with Crippen molar-refractivity contribution < 1.29 is 4.74 Å². The summed E-state index contributed by atoms with van der Waals surface area (Å²) < 4.78 is 5.36. The molecule has 1 rings (SSSR count). The second-order valence-corrected chi connectivity index (χ2v) is 5.31. The maximum absolute atomic E-state index is 5.36. The van der Waals surface area contributed by atoms with E-state index in [1.54, 1.807) is 7.11 Å². The monoisotopic (exact) mass is 228 g/mol. The van der Waals surface area contributed by atoms with Crippen LogP contribution in [0.3, 0.4) is 0 Å². The second-order valence-electron chi connectivity index (χ2n) is 5.31. The lowest BCUT2D eigenvalue weighted by atomic mass is 9.98. The lowest BCUT2D eigenvalue weighted by Gasteiger charge is -2.34. The van der Waals surface area contributed by atoms with Gasteiger partial charge < -0.3 is 10.1 Å². The normalized spacial score (nSPS) is 24.0. The van der Waals surface area contributed by atoms with Crippen LogP contribution in [0.1, 0.15) is 33.6 Å². The Morgan fingerprint density at radius 3 is 2.62 bits per heavy atom. The summed E-state index contributed by atoms with van der Waals surface area (Å²) in [6.45, 7) is 11.3. The summed E-state index contributed by atoms with van der Waals surface area (Å²) in [5, 5.41) is 3.49. The van der Waals surface area contributed by atoms with Crippen LogP contribution in [0.5, 0.6) is 0 Å². The maximum atomic E-state index is 5.36. The molecule has 0 amide bonds. The molecule has 1 heterocycles. The SMILES string of the molecule is COC(C)CN(CC1CCCNC1)C(C)C. The van der Waals surface area contributed by atoms with Gasteiger partial charge in [-0.2, -0.15) is 0 Å². The predicted molar refractivity (Wildman–Crippen MR) is 68.8 cm³/mol. The Balaban J connectivity index is 2.37. The molecule has 1 fully saturated rings. The number of rotatable bonds is 6. The molecular weight excluding hydrogens is 200 g/mol. The van der Waals surface area contributed by atoms with Crippen LogP contribution in [0, 0.1) is 5.92 Å². The van der Waals surface area contributed by atoms with Crippen molar-refractivity contribution in [1.29, 1.82) is 0 Å². The van der Waals surface area contributed by atoms with Crippen molar-refractivity contribution in [2.45, 2.75) is 45.8 Å². The van der Waals surface area contributed by atoms with E-state index in [1.807, 2.05) is 0 Å². The smallest absolute Gasteiger partial charge is 0.0670 e. The number of hydrogen-bond donors (Lipinski definition) is 1. The van der Waals surface area contributed by atoms with E-state index in [2.05, 4.69) is 31.0 Å². The van der Waals surface area contributed by atoms with Crippen molar-refractivity contribution >= 4 is 0 Å². The molecule has 0 aromatic rings. The first-order valence-electron chi connectivity index (χ1n) is 6.61. The van der Waals surface area contributed by atoms with Gasteiger partial charge in [-0.15, -0.1) is 0 Å². The van der Waals surface area contributed by atoms with Crippen LogP contribution in [-0.4, -0.2) is 50.3 Å². The first-order valence-corrected chi connectivity index (χ1v) is 6.61. The Kier molecular flexibility index (Phi) is 6.32. The van der Waals surface area contributed by atoms with Crippen LogP contribution in [0.15, 0.2) is 0 Å². The molecule has 0 aliphatic carbocycles. The Bertz CT molecular complexity index is 179. The third kappa shape index (κ3) is 4.81. The van der Waals surface area contributed by atoms with Crippen LogP contribution in [0.2, 0.25) is 0 Å². The van der Waals surface area contributed by atoms with Crippen molar-refractivity contribution in [3.05, 3.63) is 0 Å². The third-order valence-electron chi connectivity index (χ3n) is 3.52. The molecule has 2 atom stereocenters. The van der Waals surface area contributed by atoms with Crippen molar-refractivity contribution in [1.82, 2.24) is 10.2 Å². The highest BCUT2D eigenvalue weighted by molar-refractivity contribution is 4.75. The fourth-order valence-electron chi connectivity index (χ4n) is 2.31. The summed E-state index contributed by atoms with van der Waals surface area (Å²) in [6.07, 6.45) is 3.03. The van der Waals surface area contributed by atoms with Crippen molar-refractivity contribution in [2.24, 2.45) is 5.92 Å². The number of methoxy groups -OCH3 is 1. The van der Waals surface area contributed by atoms with Gasteiger partial charge in [0.1, 0.15) is 0 Å². The van der Waals surface area contributed by atoms with Gasteiger partial charge in [-0.25, -0.2) is 0 Å². The highest BCUT2D eigenvalue weighted by Gasteiger charge is 2.20. The molecule has 1 N–H and O–H groups in total. The zero-order valence-corrected chi connectivity index (χ0v) is 11.3. The van der Waals surface area contributed by atoms with Crippen LogP contribution < -0.4 is 5.32 Å². The first kappa shape index (κ1) is 13.9. The molecule has 0 radical (unpaired) electrons. The Morgan fingerprint density at radius 1 is 1.38 bits per heavy atom. The van der Waals surface area contributed by atoms with Crippen LogP contribution in [0.25, 0.3) is 0 Å². The minimum atomic E-state index is 0.332. The summed E-state index contributed by atoms with van der Waals surface area (Å²) in [5.74, 6) is 0.820. The summed E-state index contributed by atoms with van der Waals surface area (Å²) in [4.78, 5) is 2.55. The maximum Gasteiger partial charge on any atom is 0.0670 e. The Labute approximate surface area is 101 Å². The molecule has 0 bridgehead atoms. The summed E-state index contributed by atoms with van der Waals surface area (Å²) in [6, 6.07) is 0.611. The van der Waals surface area contributed by atoms with Gasteiger partial charge in [0.15, 0.2) is 0 Å². The lowest BCUT2D eigenvalue weighted by Crippen LogP contribution is -2.44. The predicted octanol–water partition coefficient (Wildman–Crippen LogP) is 1.73. The zero-order chi connectivity index (χ0) is 12.0. The van der Waals surface area contributed by atoms with Gasteiger partial charge >= 0.3 is 0 Å². The standard InChI is InChI=1S/C13H28N2O/c1-11(2)15(9-12(3)16-4)10-13-6-5-7-14-8-13/h11-14H,5-10H2,1-4H3. The quantitative estimate of drug-likeness (QED) is 0.749. The zero-order valence-electron chi connectivity index (χ0n) is 11.3. The van der Waals surface area contributed by atoms with Gasteiger partial charge in [-0.1, -0.05) is 0 Å². The second kappa shape index (κ2) is 7.25. The van der Waals surface area contributed by atoms with Gasteiger partial charge in [0.05, 0.1) is 6.10 Å². The van der Waals surface area contributed by atoms with E-state index < -0.39 is 0 Å². The van der Waals surface area contributed by atoms with Crippen LogP contribution >= 0.6 is 0 Å². The Hall–Kier alpha value is -0.120. The fourth-order valence-corrected chi connectivity index (χ4v) is 2.31. The lowest BCUT2D eigenvalue weighted by molar-refractivity contribution is 0.0561. The molecule has 2 unspecified atom stereocenters. The van der Waals surface area contributed by atoms with Crippen molar-refractivity contribution in [3.8, 4) is 0 Å². The third-order valence-corrected chi connectivity index (χ3v) is 3.52. The van der Waals surface area contributed by atoms with E-state index in [9.17, 15) is 0 Å². The number of ether oxygens (including phenoxy) is 1. The summed E-state index contributed by atoms with van der Waals surface area (Å²) >= 11 is 0. The molecule has 0 aromatic carbocycles. The van der Waals surface area contributed by atoms with E-state index in [1.165, 1.54) is 32.5 Å². The number of piperidine rings is 1. The summed E-state index contributed by atoms with van der Waals surface area (Å²) in [7, 11) is 1.80.